The summed E-state index contributed by atoms with van der Waals surface area (Å²) in [7, 11) is 1.71. The van der Waals surface area contributed by atoms with Crippen LogP contribution in [0.15, 0.2) is 54.6 Å². The number of anilines is 1. The number of nitrogens with zero attached hydrogens (tertiary/aromatic N) is 1. The Hall–Kier alpha value is -2.13. The van der Waals surface area contributed by atoms with E-state index >= 15 is 0 Å². The molecule has 3 nitrogen and oxygen atoms in total. The Bertz CT molecular complexity index is 649. The van der Waals surface area contributed by atoms with E-state index in [4.69, 9.17) is 0 Å². The first-order valence-electron chi connectivity index (χ1n) is 6.68. The van der Waals surface area contributed by atoms with Gasteiger partial charge >= 0.3 is 0 Å². The molecule has 0 saturated carbocycles. The van der Waals surface area contributed by atoms with Gasteiger partial charge in [0, 0.05) is 18.7 Å². The molecule has 0 bridgehead atoms. The topological polar surface area (TPSA) is 40.5 Å². The highest BCUT2D eigenvalue weighted by Crippen LogP contribution is 2.44. The SMILES string of the molecule is CN1C(=O)[C@](C)(O)[C@@H](c2ccccc2)c2ccccc21. The van der Waals surface area contributed by atoms with E-state index in [1.165, 1.54) is 4.90 Å². The number of rotatable bonds is 1. The van der Waals surface area contributed by atoms with Crippen LogP contribution >= 0.6 is 0 Å². The fourth-order valence-corrected chi connectivity index (χ4v) is 3.06. The number of hydrogen-bond donors (Lipinski definition) is 1. The van der Waals surface area contributed by atoms with E-state index in [9.17, 15) is 9.90 Å². The summed E-state index contributed by atoms with van der Waals surface area (Å²) in [6.07, 6.45) is 0. The van der Waals surface area contributed by atoms with Crippen molar-refractivity contribution in [3.05, 3.63) is 65.7 Å². The summed E-state index contributed by atoms with van der Waals surface area (Å²) >= 11 is 0. The highest BCUT2D eigenvalue weighted by Gasteiger charge is 2.48. The van der Waals surface area contributed by atoms with Gasteiger partial charge in [-0.15, -0.1) is 0 Å². The van der Waals surface area contributed by atoms with E-state index in [0.29, 0.717) is 0 Å². The van der Waals surface area contributed by atoms with Crippen molar-refractivity contribution in [2.75, 3.05) is 11.9 Å². The van der Waals surface area contributed by atoms with E-state index in [0.717, 1.165) is 16.8 Å². The first kappa shape index (κ1) is 12.9. The Kier molecular flexibility index (Phi) is 2.87. The van der Waals surface area contributed by atoms with Crippen LogP contribution in [0.5, 0.6) is 0 Å². The van der Waals surface area contributed by atoms with Gasteiger partial charge in [-0.2, -0.15) is 0 Å². The molecule has 0 aromatic heterocycles. The van der Waals surface area contributed by atoms with Crippen LogP contribution in [0.2, 0.25) is 0 Å². The van der Waals surface area contributed by atoms with E-state index < -0.39 is 5.60 Å². The second-order valence-electron chi connectivity index (χ2n) is 5.41. The zero-order valence-electron chi connectivity index (χ0n) is 11.6. The molecule has 1 aliphatic heterocycles. The first-order chi connectivity index (χ1) is 9.53. The van der Waals surface area contributed by atoms with Crippen LogP contribution < -0.4 is 4.90 Å². The molecule has 0 unspecified atom stereocenters. The number of benzene rings is 2. The number of hydrogen-bond acceptors (Lipinski definition) is 2. The summed E-state index contributed by atoms with van der Waals surface area (Å²) in [6, 6.07) is 17.4. The molecule has 20 heavy (non-hydrogen) atoms. The van der Waals surface area contributed by atoms with Crippen molar-refractivity contribution < 1.29 is 9.90 Å². The minimum atomic E-state index is -1.44. The van der Waals surface area contributed by atoms with Crippen LogP contribution in [0.4, 0.5) is 5.69 Å². The maximum Gasteiger partial charge on any atom is 0.259 e. The molecule has 1 heterocycles. The lowest BCUT2D eigenvalue weighted by atomic mass is 9.74. The fraction of sp³-hybridized carbons (Fsp3) is 0.235. The van der Waals surface area contributed by atoms with Gasteiger partial charge in [-0.25, -0.2) is 0 Å². The number of carbonyl (C=O) groups excluding carboxylic acids is 1. The van der Waals surface area contributed by atoms with Crippen molar-refractivity contribution >= 4 is 11.6 Å². The maximum atomic E-state index is 12.5. The zero-order chi connectivity index (χ0) is 14.3. The Morgan fingerprint density at radius 3 is 2.35 bits per heavy atom. The van der Waals surface area contributed by atoms with Crippen LogP contribution in [0.25, 0.3) is 0 Å². The highest BCUT2D eigenvalue weighted by molar-refractivity contribution is 6.03. The molecule has 2 atom stereocenters. The van der Waals surface area contributed by atoms with Gasteiger partial charge in [-0.3, -0.25) is 4.79 Å². The normalized spacial score (nSPS) is 25.4. The maximum absolute atomic E-state index is 12.5. The van der Waals surface area contributed by atoms with Gasteiger partial charge in [0.1, 0.15) is 0 Å². The Balaban J connectivity index is 2.26. The average molecular weight is 267 g/mol. The molecular weight excluding hydrogens is 250 g/mol. The van der Waals surface area contributed by atoms with Crippen LogP contribution in [0.3, 0.4) is 0 Å². The van der Waals surface area contributed by atoms with Gasteiger partial charge in [0.25, 0.3) is 5.91 Å². The average Bonchev–Trinajstić information content (AvgIpc) is 2.46. The predicted octanol–water partition coefficient (Wildman–Crippen LogP) is 2.55. The molecule has 3 heteroatoms. The van der Waals surface area contributed by atoms with Crippen LogP contribution in [-0.2, 0) is 4.79 Å². The summed E-state index contributed by atoms with van der Waals surface area (Å²) in [6.45, 7) is 1.60. The lowest BCUT2D eigenvalue weighted by Crippen LogP contribution is -2.53. The van der Waals surface area contributed by atoms with Crippen molar-refractivity contribution in [1.82, 2.24) is 0 Å². The largest absolute Gasteiger partial charge is 0.379 e. The van der Waals surface area contributed by atoms with Crippen LogP contribution in [0.1, 0.15) is 24.0 Å². The Morgan fingerprint density at radius 2 is 1.65 bits per heavy atom. The van der Waals surface area contributed by atoms with Gasteiger partial charge in [0.15, 0.2) is 5.60 Å². The standard InChI is InChI=1S/C17H17NO2/c1-17(20)15(12-8-4-3-5-9-12)13-10-6-7-11-14(13)18(2)16(17)19/h3-11,15,20H,1-2H3/t15-,17+/m0/s1. The van der Waals surface area contributed by atoms with Crippen molar-refractivity contribution in [3.8, 4) is 0 Å². The molecule has 0 saturated heterocycles. The monoisotopic (exact) mass is 267 g/mol. The molecule has 0 fully saturated rings. The third kappa shape index (κ3) is 1.74. The number of aliphatic hydroxyl groups is 1. The van der Waals surface area contributed by atoms with Gasteiger partial charge in [0.2, 0.25) is 0 Å². The molecule has 0 spiro atoms. The third-order valence-corrected chi connectivity index (χ3v) is 4.04. The van der Waals surface area contributed by atoms with Gasteiger partial charge in [-0.1, -0.05) is 48.5 Å². The van der Waals surface area contributed by atoms with Crippen molar-refractivity contribution in [3.63, 3.8) is 0 Å². The van der Waals surface area contributed by atoms with Crippen molar-refractivity contribution in [1.29, 1.82) is 0 Å². The number of para-hydroxylation sites is 1. The number of fused-ring (bicyclic) bond motifs is 1. The summed E-state index contributed by atoms with van der Waals surface area (Å²) < 4.78 is 0. The minimum Gasteiger partial charge on any atom is -0.379 e. The molecule has 3 rings (SSSR count). The number of amides is 1. The first-order valence-corrected chi connectivity index (χ1v) is 6.68. The fourth-order valence-electron chi connectivity index (χ4n) is 3.06. The second-order valence-corrected chi connectivity index (χ2v) is 5.41. The molecule has 1 N–H and O–H groups in total. The van der Waals surface area contributed by atoms with E-state index in [1.54, 1.807) is 14.0 Å². The molecule has 2 aromatic rings. The molecule has 1 amide bonds. The lowest BCUT2D eigenvalue weighted by Gasteiger charge is -2.42. The summed E-state index contributed by atoms with van der Waals surface area (Å²) in [5.74, 6) is -0.617. The smallest absolute Gasteiger partial charge is 0.259 e. The molecule has 102 valence electrons. The summed E-state index contributed by atoms with van der Waals surface area (Å²) in [5, 5.41) is 10.8. The third-order valence-electron chi connectivity index (χ3n) is 4.04. The Labute approximate surface area is 118 Å². The molecule has 0 aliphatic carbocycles. The van der Waals surface area contributed by atoms with E-state index in [1.807, 2.05) is 54.6 Å². The summed E-state index contributed by atoms with van der Waals surface area (Å²) in [5.41, 5.74) is 1.35. The van der Waals surface area contributed by atoms with Crippen molar-refractivity contribution in [2.24, 2.45) is 0 Å². The van der Waals surface area contributed by atoms with Crippen LogP contribution in [-0.4, -0.2) is 23.7 Å². The predicted molar refractivity (Wildman–Crippen MR) is 78.8 cm³/mol. The summed E-state index contributed by atoms with van der Waals surface area (Å²) in [4.78, 5) is 14.0. The quantitative estimate of drug-likeness (QED) is 0.862. The van der Waals surface area contributed by atoms with Crippen LogP contribution in [0, 0.1) is 0 Å². The molecular formula is C17H17NO2. The van der Waals surface area contributed by atoms with Gasteiger partial charge in [0.05, 0.1) is 0 Å². The zero-order valence-corrected chi connectivity index (χ0v) is 11.6. The van der Waals surface area contributed by atoms with Crippen molar-refractivity contribution in [2.45, 2.75) is 18.4 Å². The van der Waals surface area contributed by atoms with Gasteiger partial charge in [-0.05, 0) is 24.1 Å². The Morgan fingerprint density at radius 1 is 1.05 bits per heavy atom. The van der Waals surface area contributed by atoms with Gasteiger partial charge < -0.3 is 10.0 Å². The number of likely N-dealkylation sites (N-methyl/N-ethyl adjacent to an activating group) is 1. The molecule has 0 radical (unpaired) electrons. The van der Waals surface area contributed by atoms with E-state index in [-0.39, 0.29) is 11.8 Å². The lowest BCUT2D eigenvalue weighted by molar-refractivity contribution is -0.137. The molecule has 2 aromatic carbocycles. The number of carbonyl (C=O) groups is 1. The molecule has 1 aliphatic rings. The second kappa shape index (κ2) is 4.46. The van der Waals surface area contributed by atoms with E-state index in [2.05, 4.69) is 0 Å². The minimum absolute atomic E-state index is 0.273. The highest BCUT2D eigenvalue weighted by atomic mass is 16.3.